The minimum Gasteiger partial charge on any atom is -0.437 e. The molecule has 1 heterocycles. The first-order valence-corrected chi connectivity index (χ1v) is 7.15. The van der Waals surface area contributed by atoms with Crippen LogP contribution in [0, 0.1) is 0 Å². The molecule has 0 amide bonds. The van der Waals surface area contributed by atoms with Crippen molar-refractivity contribution < 1.29 is 4.74 Å². The lowest BCUT2D eigenvalue weighted by Crippen LogP contribution is -2.16. The monoisotopic (exact) mass is 269 g/mol. The van der Waals surface area contributed by atoms with Gasteiger partial charge in [0.2, 0.25) is 5.88 Å². The molecule has 0 spiro atoms. The number of ether oxygens (including phenoxy) is 1. The van der Waals surface area contributed by atoms with Crippen LogP contribution in [-0.4, -0.2) is 16.0 Å². The second-order valence-corrected chi connectivity index (χ2v) is 5.07. The normalized spacial score (nSPS) is 14.2. The molecule has 2 aromatic rings. The molecule has 0 aliphatic heterocycles. The fourth-order valence-electron chi connectivity index (χ4n) is 2.07. The van der Waals surface area contributed by atoms with Gasteiger partial charge in [-0.2, -0.15) is 0 Å². The quantitative estimate of drug-likeness (QED) is 0.875. The molecule has 1 N–H and O–H groups in total. The number of hydrogen-bond acceptors (Lipinski definition) is 4. The second kappa shape index (κ2) is 6.01. The topological polar surface area (TPSA) is 47.0 Å². The van der Waals surface area contributed by atoms with Gasteiger partial charge < -0.3 is 10.1 Å². The van der Waals surface area contributed by atoms with Gasteiger partial charge in [-0.25, -0.2) is 4.98 Å². The molecule has 3 rings (SSSR count). The number of hydrogen-bond donors (Lipinski definition) is 1. The number of para-hydroxylation sites is 1. The molecule has 1 aliphatic carbocycles. The number of aryl methyl sites for hydroxylation is 1. The predicted octanol–water partition coefficient (Wildman–Crippen LogP) is 3.08. The van der Waals surface area contributed by atoms with Crippen molar-refractivity contribution in [1.29, 1.82) is 0 Å². The molecule has 0 unspecified atom stereocenters. The van der Waals surface area contributed by atoms with E-state index < -0.39 is 0 Å². The number of aromatic nitrogens is 2. The van der Waals surface area contributed by atoms with Crippen LogP contribution in [0.15, 0.2) is 36.7 Å². The third-order valence-corrected chi connectivity index (χ3v) is 3.38. The van der Waals surface area contributed by atoms with Gasteiger partial charge in [-0.15, -0.1) is 0 Å². The molecular formula is C16H19N3O. The summed E-state index contributed by atoms with van der Waals surface area (Å²) in [6, 6.07) is 8.70. The van der Waals surface area contributed by atoms with E-state index in [9.17, 15) is 0 Å². The van der Waals surface area contributed by atoms with Crippen molar-refractivity contribution in [1.82, 2.24) is 15.3 Å². The molecule has 1 aromatic heterocycles. The maximum Gasteiger partial charge on any atom is 0.238 e. The van der Waals surface area contributed by atoms with Crippen LogP contribution in [0.4, 0.5) is 0 Å². The first kappa shape index (κ1) is 13.1. The zero-order valence-electron chi connectivity index (χ0n) is 11.7. The van der Waals surface area contributed by atoms with Crippen molar-refractivity contribution in [3.05, 3.63) is 47.9 Å². The predicted molar refractivity (Wildman–Crippen MR) is 77.8 cm³/mol. The summed E-state index contributed by atoms with van der Waals surface area (Å²) in [7, 11) is 0. The SMILES string of the molecule is CCc1ccccc1Oc1cncc(CNC2CC2)n1. The molecule has 0 radical (unpaired) electrons. The number of benzene rings is 1. The van der Waals surface area contributed by atoms with Crippen molar-refractivity contribution >= 4 is 0 Å². The average molecular weight is 269 g/mol. The van der Waals surface area contributed by atoms with Crippen LogP contribution < -0.4 is 10.1 Å². The van der Waals surface area contributed by atoms with Crippen molar-refractivity contribution in [3.63, 3.8) is 0 Å². The number of rotatable bonds is 6. The average Bonchev–Trinajstić information content (AvgIpc) is 3.30. The molecular weight excluding hydrogens is 250 g/mol. The van der Waals surface area contributed by atoms with E-state index in [0.29, 0.717) is 11.9 Å². The molecule has 0 saturated heterocycles. The van der Waals surface area contributed by atoms with Crippen LogP contribution in [0.1, 0.15) is 31.0 Å². The van der Waals surface area contributed by atoms with Crippen LogP contribution in [0.3, 0.4) is 0 Å². The van der Waals surface area contributed by atoms with Crippen LogP contribution >= 0.6 is 0 Å². The molecule has 4 heteroatoms. The molecule has 1 aromatic carbocycles. The largest absolute Gasteiger partial charge is 0.437 e. The Morgan fingerprint density at radius 2 is 2.10 bits per heavy atom. The summed E-state index contributed by atoms with van der Waals surface area (Å²) in [4.78, 5) is 8.70. The minimum absolute atomic E-state index is 0.556. The van der Waals surface area contributed by atoms with Crippen LogP contribution in [0.5, 0.6) is 11.6 Å². The van der Waals surface area contributed by atoms with Crippen LogP contribution in [-0.2, 0) is 13.0 Å². The third-order valence-electron chi connectivity index (χ3n) is 3.38. The van der Waals surface area contributed by atoms with Gasteiger partial charge in [0.1, 0.15) is 5.75 Å². The Hall–Kier alpha value is -1.94. The second-order valence-electron chi connectivity index (χ2n) is 5.07. The smallest absolute Gasteiger partial charge is 0.238 e. The number of nitrogens with one attached hydrogen (secondary N) is 1. The van der Waals surface area contributed by atoms with E-state index in [1.54, 1.807) is 12.4 Å². The van der Waals surface area contributed by atoms with Gasteiger partial charge in [0.05, 0.1) is 11.9 Å². The molecule has 104 valence electrons. The van der Waals surface area contributed by atoms with E-state index >= 15 is 0 Å². The Labute approximate surface area is 119 Å². The highest BCUT2D eigenvalue weighted by molar-refractivity contribution is 5.35. The van der Waals surface area contributed by atoms with Gasteiger partial charge in [-0.3, -0.25) is 4.98 Å². The highest BCUT2D eigenvalue weighted by Crippen LogP contribution is 2.24. The van der Waals surface area contributed by atoms with E-state index in [1.165, 1.54) is 18.4 Å². The molecule has 20 heavy (non-hydrogen) atoms. The third kappa shape index (κ3) is 3.33. The fourth-order valence-corrected chi connectivity index (χ4v) is 2.07. The summed E-state index contributed by atoms with van der Waals surface area (Å²) in [6.45, 7) is 2.87. The summed E-state index contributed by atoms with van der Waals surface area (Å²) >= 11 is 0. The zero-order chi connectivity index (χ0) is 13.8. The van der Waals surface area contributed by atoms with Crippen molar-refractivity contribution in [2.75, 3.05) is 0 Å². The van der Waals surface area contributed by atoms with Crippen LogP contribution in [0.25, 0.3) is 0 Å². The summed E-state index contributed by atoms with van der Waals surface area (Å²) in [5, 5.41) is 3.43. The van der Waals surface area contributed by atoms with Gasteiger partial charge in [0, 0.05) is 18.8 Å². The maximum absolute atomic E-state index is 5.86. The van der Waals surface area contributed by atoms with Gasteiger partial charge in [0.15, 0.2) is 0 Å². The first-order valence-electron chi connectivity index (χ1n) is 7.15. The molecule has 0 bridgehead atoms. The zero-order valence-corrected chi connectivity index (χ0v) is 11.7. The standard InChI is InChI=1S/C16H19N3O/c1-2-12-5-3-4-6-15(12)20-16-11-17-9-14(19-16)10-18-13-7-8-13/h3-6,9,11,13,18H,2,7-8,10H2,1H3. The molecule has 0 atom stereocenters. The Morgan fingerprint density at radius 1 is 1.25 bits per heavy atom. The molecule has 4 nitrogen and oxygen atoms in total. The lowest BCUT2D eigenvalue weighted by Gasteiger charge is -2.09. The van der Waals surface area contributed by atoms with Crippen LogP contribution in [0.2, 0.25) is 0 Å². The lowest BCUT2D eigenvalue weighted by atomic mass is 10.1. The Bertz CT molecular complexity index is 581. The van der Waals surface area contributed by atoms with Gasteiger partial charge in [-0.1, -0.05) is 25.1 Å². The van der Waals surface area contributed by atoms with E-state index in [0.717, 1.165) is 24.4 Å². The summed E-state index contributed by atoms with van der Waals surface area (Å²) < 4.78 is 5.86. The van der Waals surface area contributed by atoms with Crippen molar-refractivity contribution in [2.24, 2.45) is 0 Å². The van der Waals surface area contributed by atoms with Gasteiger partial charge in [-0.05, 0) is 30.9 Å². The number of nitrogens with zero attached hydrogens (tertiary/aromatic N) is 2. The first-order chi connectivity index (χ1) is 9.85. The molecule has 1 aliphatic rings. The van der Waals surface area contributed by atoms with Crippen molar-refractivity contribution in [2.45, 2.75) is 38.8 Å². The summed E-state index contributed by atoms with van der Waals surface area (Å²) in [5.41, 5.74) is 2.10. The lowest BCUT2D eigenvalue weighted by molar-refractivity contribution is 0.451. The van der Waals surface area contributed by atoms with E-state index in [1.807, 2.05) is 18.2 Å². The Morgan fingerprint density at radius 3 is 2.90 bits per heavy atom. The fraction of sp³-hybridized carbons (Fsp3) is 0.375. The minimum atomic E-state index is 0.556. The van der Waals surface area contributed by atoms with Gasteiger partial charge in [0.25, 0.3) is 0 Å². The van der Waals surface area contributed by atoms with Gasteiger partial charge >= 0.3 is 0 Å². The van der Waals surface area contributed by atoms with E-state index in [-0.39, 0.29) is 0 Å². The van der Waals surface area contributed by atoms with E-state index in [2.05, 4.69) is 28.3 Å². The summed E-state index contributed by atoms with van der Waals surface area (Å²) in [6.07, 6.45) is 6.93. The molecule has 1 saturated carbocycles. The Balaban J connectivity index is 1.71. The van der Waals surface area contributed by atoms with E-state index in [4.69, 9.17) is 4.74 Å². The Kier molecular flexibility index (Phi) is 3.92. The van der Waals surface area contributed by atoms with Crippen molar-refractivity contribution in [3.8, 4) is 11.6 Å². The molecule has 1 fully saturated rings. The highest BCUT2D eigenvalue weighted by Gasteiger charge is 2.20. The summed E-state index contributed by atoms with van der Waals surface area (Å²) in [5.74, 6) is 1.41. The highest BCUT2D eigenvalue weighted by atomic mass is 16.5. The maximum atomic E-state index is 5.86.